The summed E-state index contributed by atoms with van der Waals surface area (Å²) in [6.45, 7) is 3.94. The van der Waals surface area contributed by atoms with Gasteiger partial charge in [-0.15, -0.1) is 0 Å². The average Bonchev–Trinajstić information content (AvgIpc) is 2.47. The van der Waals surface area contributed by atoms with Crippen LogP contribution in [0.5, 0.6) is 5.75 Å². The minimum atomic E-state index is -3.67. The van der Waals surface area contributed by atoms with E-state index in [1.165, 1.54) is 44.9 Å². The van der Waals surface area contributed by atoms with Crippen LogP contribution in [0.1, 0.15) is 70.8 Å². The SMILES string of the molecule is CCCCCCCCCc1ccccc1O.CCCS(=O)(=O)O. The summed E-state index contributed by atoms with van der Waals surface area (Å²) in [4.78, 5) is 0. The highest BCUT2D eigenvalue weighted by molar-refractivity contribution is 7.85. The summed E-state index contributed by atoms with van der Waals surface area (Å²) in [6, 6.07) is 7.67. The molecule has 0 aliphatic rings. The molecule has 0 radical (unpaired) electrons. The predicted octanol–water partition coefficient (Wildman–Crippen LogP) is 4.97. The highest BCUT2D eigenvalue weighted by Gasteiger charge is 1.99. The molecule has 23 heavy (non-hydrogen) atoms. The molecule has 0 spiro atoms. The number of hydrogen-bond donors (Lipinski definition) is 2. The van der Waals surface area contributed by atoms with Crippen molar-refractivity contribution < 1.29 is 18.1 Å². The van der Waals surface area contributed by atoms with Crippen molar-refractivity contribution in [1.82, 2.24) is 0 Å². The molecule has 1 rings (SSSR count). The number of phenolic OH excluding ortho intramolecular Hbond substituents is 1. The zero-order valence-corrected chi connectivity index (χ0v) is 15.3. The highest BCUT2D eigenvalue weighted by Crippen LogP contribution is 2.18. The Morgan fingerprint density at radius 3 is 1.91 bits per heavy atom. The van der Waals surface area contributed by atoms with Crippen LogP contribution in [0.2, 0.25) is 0 Å². The van der Waals surface area contributed by atoms with Gasteiger partial charge >= 0.3 is 0 Å². The van der Waals surface area contributed by atoms with Crippen LogP contribution in [0, 0.1) is 0 Å². The van der Waals surface area contributed by atoms with Crippen LogP contribution in [0.4, 0.5) is 0 Å². The van der Waals surface area contributed by atoms with Crippen LogP contribution in [0.25, 0.3) is 0 Å². The van der Waals surface area contributed by atoms with Crippen molar-refractivity contribution >= 4 is 10.1 Å². The topological polar surface area (TPSA) is 74.6 Å². The molecule has 0 aliphatic carbocycles. The first-order valence-corrected chi connectivity index (χ1v) is 10.2. The maximum Gasteiger partial charge on any atom is 0.264 e. The van der Waals surface area contributed by atoms with Crippen molar-refractivity contribution in [1.29, 1.82) is 0 Å². The molecule has 1 aromatic rings. The second-order valence-electron chi connectivity index (χ2n) is 5.79. The van der Waals surface area contributed by atoms with E-state index in [0.29, 0.717) is 12.2 Å². The maximum atomic E-state index is 9.79. The molecule has 2 N–H and O–H groups in total. The van der Waals surface area contributed by atoms with Gasteiger partial charge in [-0.25, -0.2) is 0 Å². The molecule has 0 aromatic heterocycles. The lowest BCUT2D eigenvalue weighted by Gasteiger charge is -2.04. The summed E-state index contributed by atoms with van der Waals surface area (Å²) in [6.07, 6.45) is 10.8. The van der Waals surface area contributed by atoms with E-state index in [4.69, 9.17) is 4.55 Å². The van der Waals surface area contributed by atoms with Crippen molar-refractivity contribution in [3.63, 3.8) is 0 Å². The minimum absolute atomic E-state index is 0.132. The van der Waals surface area contributed by atoms with E-state index >= 15 is 0 Å². The van der Waals surface area contributed by atoms with E-state index in [9.17, 15) is 13.5 Å². The van der Waals surface area contributed by atoms with Crippen molar-refractivity contribution in [2.45, 2.75) is 71.6 Å². The van der Waals surface area contributed by atoms with Gasteiger partial charge in [0.05, 0.1) is 5.75 Å². The summed E-state index contributed by atoms with van der Waals surface area (Å²) < 4.78 is 27.6. The number of aromatic hydroxyl groups is 1. The van der Waals surface area contributed by atoms with Crippen molar-refractivity contribution in [2.75, 3.05) is 5.75 Å². The van der Waals surface area contributed by atoms with E-state index in [1.807, 2.05) is 18.2 Å². The third-order valence-electron chi connectivity index (χ3n) is 3.50. The van der Waals surface area contributed by atoms with Crippen LogP contribution < -0.4 is 0 Å². The Morgan fingerprint density at radius 1 is 0.870 bits per heavy atom. The average molecular weight is 345 g/mol. The van der Waals surface area contributed by atoms with Crippen molar-refractivity contribution in [2.24, 2.45) is 0 Å². The number of phenols is 1. The summed E-state index contributed by atoms with van der Waals surface area (Å²) in [5, 5.41) is 9.58. The van der Waals surface area contributed by atoms with Gasteiger partial charge in [-0.2, -0.15) is 8.42 Å². The van der Waals surface area contributed by atoms with Gasteiger partial charge in [0, 0.05) is 0 Å². The largest absolute Gasteiger partial charge is 0.508 e. The Hall–Kier alpha value is -1.07. The molecule has 5 heteroatoms. The molecule has 0 aliphatic heterocycles. The molecular formula is C18H32O4S. The van der Waals surface area contributed by atoms with E-state index in [-0.39, 0.29) is 5.75 Å². The molecule has 0 fully saturated rings. The van der Waals surface area contributed by atoms with E-state index in [0.717, 1.165) is 12.0 Å². The number of unbranched alkanes of at least 4 members (excludes halogenated alkanes) is 6. The first-order valence-electron chi connectivity index (χ1n) is 8.62. The van der Waals surface area contributed by atoms with Crippen LogP contribution in [0.15, 0.2) is 24.3 Å². The molecule has 0 atom stereocenters. The van der Waals surface area contributed by atoms with Crippen LogP contribution in [-0.4, -0.2) is 23.8 Å². The van der Waals surface area contributed by atoms with E-state index in [1.54, 1.807) is 13.0 Å². The molecule has 0 unspecified atom stereocenters. The Balaban J connectivity index is 0.000000585. The predicted molar refractivity (Wildman–Crippen MR) is 96.5 cm³/mol. The lowest BCUT2D eigenvalue weighted by Crippen LogP contribution is -2.01. The number of aryl methyl sites for hydroxylation is 1. The molecule has 0 saturated heterocycles. The molecule has 134 valence electrons. The van der Waals surface area contributed by atoms with Crippen molar-refractivity contribution in [3.8, 4) is 5.75 Å². The summed E-state index contributed by atoms with van der Waals surface area (Å²) >= 11 is 0. The number of benzene rings is 1. The molecule has 4 nitrogen and oxygen atoms in total. The molecular weight excluding hydrogens is 312 g/mol. The lowest BCUT2D eigenvalue weighted by atomic mass is 10.0. The van der Waals surface area contributed by atoms with Gasteiger partial charge in [0.15, 0.2) is 0 Å². The number of hydrogen-bond acceptors (Lipinski definition) is 3. The molecule has 1 aromatic carbocycles. The van der Waals surface area contributed by atoms with Crippen molar-refractivity contribution in [3.05, 3.63) is 29.8 Å². The Labute approximate surface area is 141 Å². The van der Waals surface area contributed by atoms with Gasteiger partial charge < -0.3 is 5.11 Å². The fourth-order valence-corrected chi connectivity index (χ4v) is 2.77. The van der Waals surface area contributed by atoms with Crippen LogP contribution in [-0.2, 0) is 16.5 Å². The Bertz CT molecular complexity index is 497. The summed E-state index contributed by atoms with van der Waals surface area (Å²) in [5.74, 6) is 0.320. The molecule has 0 saturated carbocycles. The molecule has 0 bridgehead atoms. The van der Waals surface area contributed by atoms with Gasteiger partial charge in [-0.1, -0.05) is 70.6 Å². The highest BCUT2D eigenvalue weighted by atomic mass is 32.2. The van der Waals surface area contributed by atoms with Gasteiger partial charge in [0.1, 0.15) is 5.75 Å². The normalized spacial score (nSPS) is 10.9. The maximum absolute atomic E-state index is 9.79. The van der Waals surface area contributed by atoms with Crippen LogP contribution >= 0.6 is 0 Å². The lowest BCUT2D eigenvalue weighted by molar-refractivity contribution is 0.466. The van der Waals surface area contributed by atoms with Gasteiger partial charge in [0.25, 0.3) is 10.1 Å². The summed E-state index contributed by atoms with van der Waals surface area (Å²) in [7, 11) is -3.67. The summed E-state index contributed by atoms with van der Waals surface area (Å²) in [5.41, 5.74) is 1.09. The first-order chi connectivity index (χ1) is 10.9. The van der Waals surface area contributed by atoms with Crippen LogP contribution in [0.3, 0.4) is 0 Å². The minimum Gasteiger partial charge on any atom is -0.508 e. The monoisotopic (exact) mass is 344 g/mol. The first kappa shape index (κ1) is 21.9. The van der Waals surface area contributed by atoms with Gasteiger partial charge in [-0.05, 0) is 30.9 Å². The second-order valence-corrected chi connectivity index (χ2v) is 7.36. The quantitative estimate of drug-likeness (QED) is 0.464. The second kappa shape index (κ2) is 13.4. The van der Waals surface area contributed by atoms with E-state index < -0.39 is 10.1 Å². The smallest absolute Gasteiger partial charge is 0.264 e. The number of para-hydroxylation sites is 1. The zero-order chi connectivity index (χ0) is 17.6. The Morgan fingerprint density at radius 2 is 1.43 bits per heavy atom. The Kier molecular flexibility index (Phi) is 12.8. The van der Waals surface area contributed by atoms with E-state index in [2.05, 4.69) is 6.92 Å². The van der Waals surface area contributed by atoms with Gasteiger partial charge in [0.2, 0.25) is 0 Å². The van der Waals surface area contributed by atoms with Gasteiger partial charge in [-0.3, -0.25) is 4.55 Å². The standard InChI is InChI=1S/C15H24O.C3H8O3S/c1-2-3-4-5-6-7-8-11-14-12-9-10-13-15(14)16;1-2-3-7(4,5)6/h9-10,12-13,16H,2-8,11H2,1H3;2-3H2,1H3,(H,4,5,6). The zero-order valence-electron chi connectivity index (χ0n) is 14.5. The third kappa shape index (κ3) is 14.3. The third-order valence-corrected chi connectivity index (χ3v) is 4.43. The molecule has 0 amide bonds. The fraction of sp³-hybridized carbons (Fsp3) is 0.667. The number of rotatable bonds is 10. The molecule has 0 heterocycles. The fourth-order valence-electron chi connectivity index (χ4n) is 2.25.